The lowest BCUT2D eigenvalue weighted by molar-refractivity contribution is -0.129. The van der Waals surface area contributed by atoms with Gasteiger partial charge in [0.05, 0.1) is 34.3 Å². The molecule has 1 saturated carbocycles. The molecule has 2 amide bonds. The largest absolute Gasteiger partial charge is 0.454 e. The number of ether oxygens (including phenoxy) is 1. The number of nitrogens with zero attached hydrogens (tertiary/aromatic N) is 2. The number of Topliss-reactive ketones (excluding diaryl/α,β-unsaturated/α-hetero) is 1. The van der Waals surface area contributed by atoms with Gasteiger partial charge in [0.2, 0.25) is 11.8 Å². The van der Waals surface area contributed by atoms with Gasteiger partial charge in [-0.3, -0.25) is 19.3 Å². The summed E-state index contributed by atoms with van der Waals surface area (Å²) in [4.78, 5) is 58.0. The number of pyridine rings is 1. The minimum absolute atomic E-state index is 0.136. The lowest BCUT2D eigenvalue weighted by Gasteiger charge is -2.25. The molecule has 1 saturated heterocycles. The number of fused-ring (bicyclic) bond motifs is 2. The second-order valence-corrected chi connectivity index (χ2v) is 11.5. The van der Waals surface area contributed by atoms with Crippen molar-refractivity contribution in [3.8, 4) is 11.3 Å². The van der Waals surface area contributed by atoms with Gasteiger partial charge < -0.3 is 4.74 Å². The number of aromatic nitrogens is 1. The molecule has 2 aliphatic rings. The minimum Gasteiger partial charge on any atom is -0.454 e. The fraction of sp³-hybridized carbons (Fsp3) is 0.387. The molecule has 196 valence electrons. The summed E-state index contributed by atoms with van der Waals surface area (Å²) in [5.74, 6) is -1.14. The molecule has 3 atom stereocenters. The third-order valence-electron chi connectivity index (χ3n) is 7.69. The van der Waals surface area contributed by atoms with Gasteiger partial charge in [-0.1, -0.05) is 58.0 Å². The Hall–Kier alpha value is -3.87. The zero-order valence-electron chi connectivity index (χ0n) is 22.2. The molecule has 0 bridgehead atoms. The van der Waals surface area contributed by atoms with Crippen molar-refractivity contribution in [2.24, 2.45) is 23.2 Å². The number of ketones is 1. The van der Waals surface area contributed by atoms with Gasteiger partial charge in [-0.2, -0.15) is 0 Å². The van der Waals surface area contributed by atoms with Crippen molar-refractivity contribution in [2.75, 3.05) is 11.5 Å². The highest BCUT2D eigenvalue weighted by atomic mass is 16.5. The van der Waals surface area contributed by atoms with E-state index >= 15 is 0 Å². The van der Waals surface area contributed by atoms with Gasteiger partial charge in [-0.25, -0.2) is 9.78 Å². The molecule has 3 unspecified atom stereocenters. The van der Waals surface area contributed by atoms with Crippen molar-refractivity contribution in [3.05, 3.63) is 60.2 Å². The number of benzene rings is 2. The van der Waals surface area contributed by atoms with Gasteiger partial charge in [0.25, 0.3) is 0 Å². The molecule has 3 aromatic rings. The fourth-order valence-corrected chi connectivity index (χ4v) is 5.37. The lowest BCUT2D eigenvalue weighted by atomic mass is 9.76. The predicted octanol–water partition coefficient (Wildman–Crippen LogP) is 5.60. The molecule has 38 heavy (non-hydrogen) atoms. The van der Waals surface area contributed by atoms with Gasteiger partial charge in [-0.15, -0.1) is 0 Å². The first kappa shape index (κ1) is 25.8. The molecule has 0 N–H and O–H groups in total. The van der Waals surface area contributed by atoms with Crippen LogP contribution >= 0.6 is 0 Å². The molecule has 1 aromatic heterocycles. The summed E-state index contributed by atoms with van der Waals surface area (Å²) in [5, 5.41) is 0.615. The number of esters is 1. The highest BCUT2D eigenvalue weighted by Gasteiger charge is 2.50. The molecule has 2 fully saturated rings. The molecule has 7 heteroatoms. The van der Waals surface area contributed by atoms with Gasteiger partial charge in [0.15, 0.2) is 12.4 Å². The summed E-state index contributed by atoms with van der Waals surface area (Å²) in [5.41, 5.74) is 1.95. The quantitative estimate of drug-likeness (QED) is 0.326. The third-order valence-corrected chi connectivity index (χ3v) is 7.69. The highest BCUT2D eigenvalue weighted by Crippen LogP contribution is 2.42. The van der Waals surface area contributed by atoms with Crippen LogP contribution in [0, 0.1) is 23.2 Å². The van der Waals surface area contributed by atoms with Crippen molar-refractivity contribution in [1.29, 1.82) is 0 Å². The summed E-state index contributed by atoms with van der Waals surface area (Å²) in [6.45, 7) is 7.15. The summed E-state index contributed by atoms with van der Waals surface area (Å²) in [6, 6.07) is 16.0. The van der Waals surface area contributed by atoms with E-state index in [0.717, 1.165) is 19.3 Å². The van der Waals surface area contributed by atoms with Crippen molar-refractivity contribution < 1.29 is 23.9 Å². The molecule has 7 nitrogen and oxygen atoms in total. The van der Waals surface area contributed by atoms with Crippen LogP contribution in [-0.2, 0) is 19.1 Å². The maximum atomic E-state index is 13.3. The molecular weight excluding hydrogens is 480 g/mol. The summed E-state index contributed by atoms with van der Waals surface area (Å²) >= 11 is 0. The van der Waals surface area contributed by atoms with E-state index in [1.807, 2.05) is 18.2 Å². The molecular formula is C31H32N2O5. The number of hydrogen-bond donors (Lipinski definition) is 0. The molecule has 1 aliphatic heterocycles. The van der Waals surface area contributed by atoms with Crippen LogP contribution in [0.1, 0.15) is 57.3 Å². The summed E-state index contributed by atoms with van der Waals surface area (Å²) in [6.07, 6.45) is 2.43. The van der Waals surface area contributed by atoms with E-state index < -0.39 is 11.4 Å². The average Bonchev–Trinajstić information content (AvgIpc) is 3.14. The van der Waals surface area contributed by atoms with Crippen molar-refractivity contribution in [2.45, 2.75) is 47.0 Å². The Morgan fingerprint density at radius 1 is 0.974 bits per heavy atom. The zero-order valence-corrected chi connectivity index (χ0v) is 22.2. The lowest BCUT2D eigenvalue weighted by Crippen LogP contribution is -2.30. The number of carbonyl (C=O) groups excluding carboxylic acids is 4. The van der Waals surface area contributed by atoms with Gasteiger partial charge >= 0.3 is 5.97 Å². The molecule has 1 aliphatic carbocycles. The number of hydrogen-bond acceptors (Lipinski definition) is 6. The standard InChI is InChI=1S/C31H32N2O5/c1-18-12-13-22-23(14-18)29(36)33(28(22)35)20-9-7-8-19(15-20)26-16-24(21-10-5-6-11-25(21)32-26)30(37)38-17-27(34)31(2,3)4/h5-11,15-16,18,22-23H,12-14,17H2,1-4H3. The minimum atomic E-state index is -0.619. The van der Waals surface area contributed by atoms with Crippen LogP contribution in [-0.4, -0.2) is 35.2 Å². The Morgan fingerprint density at radius 3 is 2.47 bits per heavy atom. The summed E-state index contributed by atoms with van der Waals surface area (Å²) in [7, 11) is 0. The Morgan fingerprint density at radius 2 is 1.71 bits per heavy atom. The normalized spacial score (nSPS) is 21.5. The van der Waals surface area contributed by atoms with Gasteiger partial charge in [0, 0.05) is 16.4 Å². The van der Waals surface area contributed by atoms with Crippen LogP contribution in [0.4, 0.5) is 5.69 Å². The first-order valence-corrected chi connectivity index (χ1v) is 13.1. The molecule has 5 rings (SSSR count). The average molecular weight is 513 g/mol. The van der Waals surface area contributed by atoms with Crippen LogP contribution in [0.15, 0.2) is 54.6 Å². The summed E-state index contributed by atoms with van der Waals surface area (Å²) < 4.78 is 5.40. The van der Waals surface area contributed by atoms with E-state index in [-0.39, 0.29) is 36.0 Å². The topological polar surface area (TPSA) is 93.6 Å². The van der Waals surface area contributed by atoms with Crippen molar-refractivity contribution in [1.82, 2.24) is 4.98 Å². The SMILES string of the molecule is CC1CCC2C(=O)N(c3cccc(-c4cc(C(=O)OCC(=O)C(C)(C)C)c5ccccc5n4)c3)C(=O)C2C1. The second-order valence-electron chi connectivity index (χ2n) is 11.5. The van der Waals surface area contributed by atoms with E-state index in [1.165, 1.54) is 4.90 Å². The first-order chi connectivity index (χ1) is 18.0. The highest BCUT2D eigenvalue weighted by molar-refractivity contribution is 6.22. The fourth-order valence-electron chi connectivity index (χ4n) is 5.37. The van der Waals surface area contributed by atoms with E-state index in [9.17, 15) is 19.2 Å². The monoisotopic (exact) mass is 512 g/mol. The predicted molar refractivity (Wildman–Crippen MR) is 144 cm³/mol. The number of carbonyl (C=O) groups is 4. The first-order valence-electron chi connectivity index (χ1n) is 13.1. The van der Waals surface area contributed by atoms with E-state index in [4.69, 9.17) is 9.72 Å². The van der Waals surface area contributed by atoms with E-state index in [2.05, 4.69) is 6.92 Å². The number of rotatable bonds is 5. The van der Waals surface area contributed by atoms with E-state index in [0.29, 0.717) is 39.3 Å². The maximum absolute atomic E-state index is 13.3. The van der Waals surface area contributed by atoms with Crippen molar-refractivity contribution >= 4 is 40.2 Å². The van der Waals surface area contributed by atoms with Crippen LogP contribution in [0.5, 0.6) is 0 Å². The molecule has 2 heterocycles. The second kappa shape index (κ2) is 9.78. The molecule has 0 spiro atoms. The van der Waals surface area contributed by atoms with Crippen LogP contribution in [0.25, 0.3) is 22.2 Å². The number of anilines is 1. The van der Waals surface area contributed by atoms with E-state index in [1.54, 1.807) is 57.2 Å². The maximum Gasteiger partial charge on any atom is 0.339 e. The van der Waals surface area contributed by atoms with Crippen LogP contribution in [0.3, 0.4) is 0 Å². The Bertz CT molecular complexity index is 1450. The van der Waals surface area contributed by atoms with Gasteiger partial charge in [0.1, 0.15) is 0 Å². The Balaban J connectivity index is 1.49. The Labute approximate surface area is 222 Å². The smallest absolute Gasteiger partial charge is 0.339 e. The molecule has 2 aromatic carbocycles. The Kier molecular flexibility index (Phi) is 6.63. The number of amides is 2. The van der Waals surface area contributed by atoms with Crippen LogP contribution < -0.4 is 4.90 Å². The van der Waals surface area contributed by atoms with Gasteiger partial charge in [-0.05, 0) is 49.4 Å². The van der Waals surface area contributed by atoms with Crippen molar-refractivity contribution in [3.63, 3.8) is 0 Å². The number of para-hydroxylation sites is 1. The molecule has 0 radical (unpaired) electrons. The zero-order chi connectivity index (χ0) is 27.2. The van der Waals surface area contributed by atoms with Crippen LogP contribution in [0.2, 0.25) is 0 Å². The third kappa shape index (κ3) is 4.73. The number of imide groups is 1.